The summed E-state index contributed by atoms with van der Waals surface area (Å²) in [6, 6.07) is 0. The average molecular weight is 373 g/mol. The highest BCUT2D eigenvalue weighted by molar-refractivity contribution is 5.17. The van der Waals surface area contributed by atoms with Crippen molar-refractivity contribution in [2.45, 2.75) is 83.2 Å². The summed E-state index contributed by atoms with van der Waals surface area (Å²) in [6.45, 7) is 5.38. The molecule has 0 amide bonds. The Balaban J connectivity index is 1.99. The van der Waals surface area contributed by atoms with Crippen molar-refractivity contribution in [2.24, 2.45) is 28.1 Å². The number of fused-ring (bicyclic) bond motifs is 3. The molecule has 3 unspecified atom stereocenters. The van der Waals surface area contributed by atoms with Crippen molar-refractivity contribution in [1.82, 2.24) is 0 Å². The minimum absolute atomic E-state index is 0.0869. The predicted molar refractivity (Wildman–Crippen MR) is 96.1 cm³/mol. The van der Waals surface area contributed by atoms with Crippen LogP contribution >= 0.6 is 0 Å². The van der Waals surface area contributed by atoms with Crippen LogP contribution in [0.1, 0.15) is 59.3 Å². The Bertz CT molecular complexity index is 542. The Morgan fingerprint density at radius 1 is 0.962 bits per heavy atom. The van der Waals surface area contributed by atoms with Crippen LogP contribution in [0, 0.1) is 28.1 Å². The lowest BCUT2D eigenvalue weighted by Crippen LogP contribution is -2.70. The van der Waals surface area contributed by atoms with Crippen LogP contribution in [0.4, 0.5) is 0 Å². The number of aliphatic hydroxyl groups is 6. The first-order valence-corrected chi connectivity index (χ1v) is 9.96. The maximum Gasteiger partial charge on any atom is 0.0944 e. The molecule has 0 aliphatic heterocycles. The van der Waals surface area contributed by atoms with Crippen LogP contribution in [-0.2, 0) is 0 Å². The van der Waals surface area contributed by atoms with Crippen molar-refractivity contribution in [3.8, 4) is 0 Å². The molecule has 6 N–H and O–H groups in total. The van der Waals surface area contributed by atoms with E-state index in [0.29, 0.717) is 25.7 Å². The zero-order valence-electron chi connectivity index (χ0n) is 16.2. The van der Waals surface area contributed by atoms with E-state index >= 15 is 0 Å². The van der Waals surface area contributed by atoms with Gasteiger partial charge in [0.25, 0.3) is 0 Å². The van der Waals surface area contributed by atoms with Crippen LogP contribution in [0.3, 0.4) is 0 Å². The predicted octanol–water partition coefficient (Wildman–Crippen LogP) is 0.417. The first-order valence-electron chi connectivity index (χ1n) is 9.96. The number of hydrogen-bond donors (Lipinski definition) is 6. The Labute approximate surface area is 155 Å². The number of hydrogen-bond acceptors (Lipinski definition) is 6. The van der Waals surface area contributed by atoms with Crippen LogP contribution in [0.25, 0.3) is 0 Å². The molecule has 3 rings (SSSR count). The summed E-state index contributed by atoms with van der Waals surface area (Å²) in [5, 5.41) is 62.8. The van der Waals surface area contributed by atoms with Crippen LogP contribution in [0.15, 0.2) is 0 Å². The lowest BCUT2D eigenvalue weighted by atomic mass is 9.40. The van der Waals surface area contributed by atoms with Gasteiger partial charge in [0, 0.05) is 5.41 Å². The molecule has 6 nitrogen and oxygen atoms in total. The number of rotatable bonds is 3. The van der Waals surface area contributed by atoms with Gasteiger partial charge in [0.15, 0.2) is 0 Å². The fraction of sp³-hybridized carbons (Fsp3) is 1.00. The molecule has 3 fully saturated rings. The first-order chi connectivity index (χ1) is 12.0. The molecule has 0 aromatic rings. The molecular weight excluding hydrogens is 336 g/mol. The summed E-state index contributed by atoms with van der Waals surface area (Å²) in [5.41, 5.74) is -2.96. The largest absolute Gasteiger partial charge is 0.396 e. The molecule has 26 heavy (non-hydrogen) atoms. The maximum atomic E-state index is 11.6. The van der Waals surface area contributed by atoms with Crippen molar-refractivity contribution < 1.29 is 30.6 Å². The summed E-state index contributed by atoms with van der Waals surface area (Å²) in [7, 11) is 0. The highest BCUT2D eigenvalue weighted by Crippen LogP contribution is 2.66. The SMILES string of the molecule is C[C@@]1(C(O)CO)CC[C@@H]2C(O)(C1)C(O)C[C@H]1[C@@]2(C)CC[C@H](O)[C@]1(C)CO. The lowest BCUT2D eigenvalue weighted by Gasteiger charge is -2.67. The molecule has 9 atom stereocenters. The molecule has 0 radical (unpaired) electrons. The summed E-state index contributed by atoms with van der Waals surface area (Å²) in [5.74, 6) is -0.253. The minimum atomic E-state index is -1.33. The van der Waals surface area contributed by atoms with Crippen molar-refractivity contribution in [1.29, 1.82) is 0 Å². The monoisotopic (exact) mass is 372 g/mol. The van der Waals surface area contributed by atoms with Gasteiger partial charge in [-0.3, -0.25) is 0 Å². The Morgan fingerprint density at radius 3 is 2.19 bits per heavy atom. The van der Waals surface area contributed by atoms with Gasteiger partial charge in [-0.2, -0.15) is 0 Å². The van der Waals surface area contributed by atoms with Gasteiger partial charge in [0.05, 0.1) is 37.1 Å². The Kier molecular flexibility index (Phi) is 5.04. The van der Waals surface area contributed by atoms with Crippen LogP contribution in [0.2, 0.25) is 0 Å². The van der Waals surface area contributed by atoms with Crippen molar-refractivity contribution in [2.75, 3.05) is 13.2 Å². The molecule has 0 saturated heterocycles. The molecule has 6 heteroatoms. The molecule has 0 spiro atoms. The second-order valence-corrected chi connectivity index (χ2v) is 10.1. The standard InChI is InChI=1S/C20H36O6/c1-17(16(25)9-21)6-4-12-18(2)7-5-14(23)19(3,11-22)13(18)8-15(24)20(12,26)10-17/h12-16,21-26H,4-11H2,1-3H3/t12-,13-,14-,15?,16?,17+,18-,19+,20?/m0/s1. The highest BCUT2D eigenvalue weighted by atomic mass is 16.3. The third kappa shape index (κ3) is 2.60. The zero-order chi connectivity index (χ0) is 19.5. The molecule has 3 aliphatic rings. The molecule has 0 aromatic heterocycles. The molecule has 3 aliphatic carbocycles. The highest BCUT2D eigenvalue weighted by Gasteiger charge is 2.67. The lowest BCUT2D eigenvalue weighted by molar-refractivity contribution is -0.277. The van der Waals surface area contributed by atoms with Crippen molar-refractivity contribution in [3.05, 3.63) is 0 Å². The third-order valence-electron chi connectivity index (χ3n) is 8.75. The van der Waals surface area contributed by atoms with Gasteiger partial charge < -0.3 is 30.6 Å². The molecular formula is C20H36O6. The van der Waals surface area contributed by atoms with Gasteiger partial charge >= 0.3 is 0 Å². The van der Waals surface area contributed by atoms with Gasteiger partial charge in [-0.1, -0.05) is 20.8 Å². The molecule has 0 heterocycles. The molecule has 0 aromatic carbocycles. The summed E-state index contributed by atoms with van der Waals surface area (Å²) < 4.78 is 0. The van der Waals surface area contributed by atoms with Crippen LogP contribution in [0.5, 0.6) is 0 Å². The summed E-state index contributed by atoms with van der Waals surface area (Å²) in [4.78, 5) is 0. The normalized spacial score (nSPS) is 55.7. The van der Waals surface area contributed by atoms with Gasteiger partial charge in [0.1, 0.15) is 0 Å². The second-order valence-electron chi connectivity index (χ2n) is 10.1. The van der Waals surface area contributed by atoms with E-state index in [1.807, 2.05) is 13.8 Å². The fourth-order valence-corrected chi connectivity index (χ4v) is 6.87. The second kappa shape index (κ2) is 6.39. The minimum Gasteiger partial charge on any atom is -0.396 e. The van der Waals surface area contributed by atoms with Crippen molar-refractivity contribution in [3.63, 3.8) is 0 Å². The quantitative estimate of drug-likeness (QED) is 0.427. The fourth-order valence-electron chi connectivity index (χ4n) is 6.87. The molecule has 0 bridgehead atoms. The van der Waals surface area contributed by atoms with E-state index < -0.39 is 34.7 Å². The topological polar surface area (TPSA) is 121 Å². The van der Waals surface area contributed by atoms with Crippen LogP contribution in [-0.4, -0.2) is 67.8 Å². The summed E-state index contributed by atoms with van der Waals surface area (Å²) >= 11 is 0. The zero-order valence-corrected chi connectivity index (χ0v) is 16.2. The molecule has 3 saturated carbocycles. The molecule has 152 valence electrons. The van der Waals surface area contributed by atoms with E-state index in [0.717, 1.165) is 6.42 Å². The van der Waals surface area contributed by atoms with Crippen molar-refractivity contribution >= 4 is 0 Å². The third-order valence-corrected chi connectivity index (χ3v) is 8.75. The smallest absolute Gasteiger partial charge is 0.0944 e. The maximum absolute atomic E-state index is 11.6. The average Bonchev–Trinajstić information content (AvgIpc) is 2.60. The first kappa shape index (κ1) is 20.5. The van der Waals surface area contributed by atoms with Gasteiger partial charge in [-0.15, -0.1) is 0 Å². The Morgan fingerprint density at radius 2 is 1.62 bits per heavy atom. The van der Waals surface area contributed by atoms with E-state index in [2.05, 4.69) is 6.92 Å². The number of aliphatic hydroxyl groups excluding tert-OH is 5. The van der Waals surface area contributed by atoms with Gasteiger partial charge in [-0.25, -0.2) is 0 Å². The van der Waals surface area contributed by atoms with E-state index in [9.17, 15) is 30.6 Å². The Hall–Kier alpha value is -0.240. The van der Waals surface area contributed by atoms with Crippen LogP contribution < -0.4 is 0 Å². The van der Waals surface area contributed by atoms with Gasteiger partial charge in [-0.05, 0) is 61.2 Å². The van der Waals surface area contributed by atoms with E-state index in [-0.39, 0.29) is 36.9 Å². The van der Waals surface area contributed by atoms with Gasteiger partial charge in [0.2, 0.25) is 0 Å². The summed E-state index contributed by atoms with van der Waals surface area (Å²) in [6.07, 6.45) is 0.664. The van der Waals surface area contributed by atoms with E-state index in [4.69, 9.17) is 0 Å². The van der Waals surface area contributed by atoms with E-state index in [1.165, 1.54) is 0 Å². The van der Waals surface area contributed by atoms with E-state index in [1.54, 1.807) is 0 Å².